The molecule has 3 aromatic heterocycles. The fraction of sp³-hybridized carbons (Fsp3) is 0.333. The number of benzene rings is 1. The largest absolute Gasteiger partial charge is 0.465 e. The highest BCUT2D eigenvalue weighted by molar-refractivity contribution is 7.17. The summed E-state index contributed by atoms with van der Waals surface area (Å²) in [7, 11) is 1.38. The van der Waals surface area contributed by atoms with E-state index < -0.39 is 5.97 Å². The van der Waals surface area contributed by atoms with Crippen molar-refractivity contribution < 1.29 is 14.3 Å². The van der Waals surface area contributed by atoms with Gasteiger partial charge in [-0.2, -0.15) is 5.10 Å². The van der Waals surface area contributed by atoms with Gasteiger partial charge in [0.25, 0.3) is 0 Å². The molecule has 7 nitrogen and oxygen atoms in total. The second kappa shape index (κ2) is 9.62. The highest BCUT2D eigenvalue weighted by atomic mass is 32.1. The predicted octanol–water partition coefficient (Wildman–Crippen LogP) is 5.47. The molecule has 3 heterocycles. The Hall–Kier alpha value is -3.52. The Kier molecular flexibility index (Phi) is 6.38. The molecule has 1 N–H and O–H groups in total. The number of aromatic nitrogens is 3. The third kappa shape index (κ3) is 4.46. The molecule has 0 aliphatic heterocycles. The number of aryl methyl sites for hydroxylation is 3. The fourth-order valence-electron chi connectivity index (χ4n) is 4.90. The van der Waals surface area contributed by atoms with Gasteiger partial charge in [-0.3, -0.25) is 4.79 Å². The maximum atomic E-state index is 13.1. The van der Waals surface area contributed by atoms with Gasteiger partial charge in [0.1, 0.15) is 11.5 Å². The van der Waals surface area contributed by atoms with E-state index in [4.69, 9.17) is 4.74 Å². The molecule has 0 saturated carbocycles. The zero-order chi connectivity index (χ0) is 24.5. The first-order valence-electron chi connectivity index (χ1n) is 11.9. The summed E-state index contributed by atoms with van der Waals surface area (Å²) in [4.78, 5) is 31.4. The average Bonchev–Trinajstić information content (AvgIpc) is 3.24. The minimum absolute atomic E-state index is 0.00219. The van der Waals surface area contributed by atoms with Crippen LogP contribution in [0.25, 0.3) is 22.2 Å². The molecule has 1 amide bonds. The van der Waals surface area contributed by atoms with E-state index >= 15 is 0 Å². The van der Waals surface area contributed by atoms with E-state index in [-0.39, 0.29) is 12.5 Å². The summed E-state index contributed by atoms with van der Waals surface area (Å²) in [6.07, 6.45) is 6.78. The highest BCUT2D eigenvalue weighted by Gasteiger charge is 2.26. The van der Waals surface area contributed by atoms with Crippen molar-refractivity contribution in [1.29, 1.82) is 0 Å². The second-order valence-electron chi connectivity index (χ2n) is 8.98. The van der Waals surface area contributed by atoms with Crippen LogP contribution < -0.4 is 5.32 Å². The number of pyridine rings is 1. The van der Waals surface area contributed by atoms with Gasteiger partial charge >= 0.3 is 5.97 Å². The number of carbonyl (C=O) groups is 2. The number of carbonyl (C=O) groups excluding carboxylic acids is 2. The number of esters is 1. The number of amides is 1. The lowest BCUT2D eigenvalue weighted by Gasteiger charge is -2.08. The van der Waals surface area contributed by atoms with Gasteiger partial charge in [-0.05, 0) is 62.3 Å². The van der Waals surface area contributed by atoms with Crippen LogP contribution >= 0.6 is 11.3 Å². The van der Waals surface area contributed by atoms with Crippen molar-refractivity contribution in [3.63, 3.8) is 0 Å². The van der Waals surface area contributed by atoms with Crippen LogP contribution in [0.2, 0.25) is 0 Å². The van der Waals surface area contributed by atoms with Gasteiger partial charge in [0.15, 0.2) is 5.65 Å². The zero-order valence-corrected chi connectivity index (χ0v) is 21.0. The zero-order valence-electron chi connectivity index (χ0n) is 20.2. The van der Waals surface area contributed by atoms with E-state index in [2.05, 4.69) is 40.5 Å². The number of nitrogens with one attached hydrogen (secondary N) is 1. The van der Waals surface area contributed by atoms with Crippen LogP contribution in [0, 0.1) is 13.8 Å². The standard InChI is InChI=1S/C27H28N4O3S/c1-16-8-7-9-18(14-16)19-12-13-28-25-23(19)17(2)30-31(25)15-22(32)29-26-24(27(33)34-3)20-10-5-4-6-11-21(20)35-26/h7-9,12-14H,4-6,10-11,15H2,1-3H3,(H,29,32). The van der Waals surface area contributed by atoms with Crippen LogP contribution in [0.4, 0.5) is 5.00 Å². The molecular formula is C27H28N4O3S. The number of anilines is 1. The van der Waals surface area contributed by atoms with Crippen LogP contribution in [0.1, 0.15) is 51.3 Å². The molecule has 0 bridgehead atoms. The Morgan fingerprint density at radius 3 is 2.77 bits per heavy atom. The van der Waals surface area contributed by atoms with Crippen molar-refractivity contribution in [3.05, 3.63) is 63.8 Å². The van der Waals surface area contributed by atoms with Gasteiger partial charge in [-0.1, -0.05) is 36.2 Å². The van der Waals surface area contributed by atoms with Gasteiger partial charge in [0.05, 0.1) is 18.4 Å². The van der Waals surface area contributed by atoms with Gasteiger partial charge < -0.3 is 10.1 Å². The third-order valence-electron chi connectivity index (χ3n) is 6.49. The van der Waals surface area contributed by atoms with Gasteiger partial charge in [0.2, 0.25) is 5.91 Å². The topological polar surface area (TPSA) is 86.1 Å². The molecule has 0 atom stereocenters. The summed E-state index contributed by atoms with van der Waals surface area (Å²) < 4.78 is 6.69. The van der Waals surface area contributed by atoms with Crippen molar-refractivity contribution in [2.24, 2.45) is 0 Å². The van der Waals surface area contributed by atoms with E-state index in [1.807, 2.05) is 19.1 Å². The van der Waals surface area contributed by atoms with Crippen molar-refractivity contribution in [1.82, 2.24) is 14.8 Å². The lowest BCUT2D eigenvalue weighted by Crippen LogP contribution is -2.20. The van der Waals surface area contributed by atoms with Crippen LogP contribution in [0.15, 0.2) is 36.5 Å². The molecule has 35 heavy (non-hydrogen) atoms. The monoisotopic (exact) mass is 488 g/mol. The van der Waals surface area contributed by atoms with Crippen LogP contribution in [-0.2, 0) is 28.9 Å². The summed E-state index contributed by atoms with van der Waals surface area (Å²) in [6.45, 7) is 4.00. The fourth-order valence-corrected chi connectivity index (χ4v) is 6.19. The summed E-state index contributed by atoms with van der Waals surface area (Å²) in [5.74, 6) is -0.650. The Balaban J connectivity index is 1.46. The summed E-state index contributed by atoms with van der Waals surface area (Å²) in [5, 5.41) is 9.11. The van der Waals surface area contributed by atoms with E-state index in [1.54, 1.807) is 10.9 Å². The summed E-state index contributed by atoms with van der Waals surface area (Å²) in [5.41, 5.74) is 6.31. The number of ether oxygens (including phenoxy) is 1. The molecule has 0 fully saturated rings. The molecular weight excluding hydrogens is 460 g/mol. The number of nitrogens with zero attached hydrogens (tertiary/aromatic N) is 3. The number of rotatable bonds is 5. The molecule has 8 heteroatoms. The molecule has 180 valence electrons. The van der Waals surface area contributed by atoms with E-state index in [1.165, 1.54) is 28.9 Å². The average molecular weight is 489 g/mol. The Morgan fingerprint density at radius 1 is 1.14 bits per heavy atom. The third-order valence-corrected chi connectivity index (χ3v) is 7.70. The first-order valence-corrected chi connectivity index (χ1v) is 12.7. The van der Waals surface area contributed by atoms with Crippen molar-refractivity contribution in [2.75, 3.05) is 12.4 Å². The molecule has 0 saturated heterocycles. The highest BCUT2D eigenvalue weighted by Crippen LogP contribution is 2.38. The molecule has 1 aromatic carbocycles. The molecule has 5 rings (SSSR count). The first kappa shape index (κ1) is 23.2. The number of methoxy groups -OCH3 is 1. The lowest BCUT2D eigenvalue weighted by atomic mass is 10.0. The number of hydrogen-bond donors (Lipinski definition) is 1. The van der Waals surface area contributed by atoms with Gasteiger partial charge in [-0.15, -0.1) is 11.3 Å². The minimum atomic E-state index is -0.399. The second-order valence-corrected chi connectivity index (χ2v) is 10.1. The van der Waals surface area contributed by atoms with E-state index in [0.29, 0.717) is 16.2 Å². The normalized spacial score (nSPS) is 13.3. The quantitative estimate of drug-likeness (QED) is 0.297. The Labute approximate surface area is 208 Å². The summed E-state index contributed by atoms with van der Waals surface area (Å²) in [6, 6.07) is 10.3. The lowest BCUT2D eigenvalue weighted by molar-refractivity contribution is -0.116. The molecule has 1 aliphatic carbocycles. The first-order chi connectivity index (χ1) is 17.0. The van der Waals surface area contributed by atoms with Crippen molar-refractivity contribution in [3.8, 4) is 11.1 Å². The van der Waals surface area contributed by atoms with E-state index in [0.717, 1.165) is 59.9 Å². The van der Waals surface area contributed by atoms with Crippen LogP contribution in [0.3, 0.4) is 0 Å². The predicted molar refractivity (Wildman–Crippen MR) is 138 cm³/mol. The van der Waals surface area contributed by atoms with E-state index in [9.17, 15) is 9.59 Å². The Bertz CT molecular complexity index is 1440. The van der Waals surface area contributed by atoms with Crippen LogP contribution in [-0.4, -0.2) is 33.8 Å². The molecule has 4 aromatic rings. The molecule has 1 aliphatic rings. The molecule has 0 spiro atoms. The van der Waals surface area contributed by atoms with Gasteiger partial charge in [0, 0.05) is 16.5 Å². The Morgan fingerprint density at radius 2 is 1.97 bits per heavy atom. The maximum absolute atomic E-state index is 13.1. The SMILES string of the molecule is COC(=O)c1c(NC(=O)Cn2nc(C)c3c(-c4cccc(C)c4)ccnc32)sc2c1CCCCC2. The number of hydrogen-bond acceptors (Lipinski definition) is 6. The van der Waals surface area contributed by atoms with Crippen LogP contribution in [0.5, 0.6) is 0 Å². The number of thiophene rings is 1. The number of fused-ring (bicyclic) bond motifs is 2. The summed E-state index contributed by atoms with van der Waals surface area (Å²) >= 11 is 1.49. The molecule has 0 radical (unpaired) electrons. The van der Waals surface area contributed by atoms with Crippen molar-refractivity contribution >= 4 is 39.2 Å². The van der Waals surface area contributed by atoms with Gasteiger partial charge in [-0.25, -0.2) is 14.5 Å². The molecule has 0 unspecified atom stereocenters. The maximum Gasteiger partial charge on any atom is 0.341 e. The smallest absolute Gasteiger partial charge is 0.341 e. The minimum Gasteiger partial charge on any atom is -0.465 e. The van der Waals surface area contributed by atoms with Crippen molar-refractivity contribution in [2.45, 2.75) is 52.5 Å².